The van der Waals surface area contributed by atoms with Crippen LogP contribution < -0.4 is 5.32 Å². The van der Waals surface area contributed by atoms with Gasteiger partial charge >= 0.3 is 5.97 Å². The normalized spacial score (nSPS) is 10.4. The summed E-state index contributed by atoms with van der Waals surface area (Å²) in [4.78, 5) is 15.5. The topological polar surface area (TPSA) is 51.2 Å². The molecule has 16 heavy (non-hydrogen) atoms. The fraction of sp³-hybridized carbons (Fsp3) is 0.636. The van der Waals surface area contributed by atoms with E-state index in [4.69, 9.17) is 4.74 Å². The first-order valence-corrected chi connectivity index (χ1v) is 6.43. The molecule has 0 aromatic carbocycles. The van der Waals surface area contributed by atoms with Gasteiger partial charge in [0.1, 0.15) is 0 Å². The van der Waals surface area contributed by atoms with Gasteiger partial charge in [-0.3, -0.25) is 4.79 Å². The summed E-state index contributed by atoms with van der Waals surface area (Å²) in [5.74, 6) is -0.150. The highest BCUT2D eigenvalue weighted by atomic mass is 32.1. The summed E-state index contributed by atoms with van der Waals surface area (Å²) < 4.78 is 4.82. The molecule has 1 heterocycles. The van der Waals surface area contributed by atoms with Crippen LogP contribution in [0.15, 0.2) is 5.38 Å². The van der Waals surface area contributed by atoms with E-state index in [1.54, 1.807) is 11.3 Å². The lowest BCUT2D eigenvalue weighted by atomic mass is 10.4. The maximum atomic E-state index is 11.0. The molecule has 0 aliphatic carbocycles. The molecule has 4 nitrogen and oxygen atoms in total. The van der Waals surface area contributed by atoms with Crippen LogP contribution in [0.1, 0.15) is 31.0 Å². The van der Waals surface area contributed by atoms with Gasteiger partial charge in [-0.1, -0.05) is 6.92 Å². The molecule has 0 spiro atoms. The zero-order chi connectivity index (χ0) is 11.8. The minimum Gasteiger partial charge on any atom is -0.466 e. The van der Waals surface area contributed by atoms with Crippen molar-refractivity contribution in [3.05, 3.63) is 16.1 Å². The molecule has 1 N–H and O–H groups in total. The summed E-state index contributed by atoms with van der Waals surface area (Å²) in [6, 6.07) is 0. The fourth-order valence-electron chi connectivity index (χ4n) is 1.23. The van der Waals surface area contributed by atoms with E-state index in [9.17, 15) is 4.79 Å². The minimum absolute atomic E-state index is 0.150. The van der Waals surface area contributed by atoms with Crippen LogP contribution in [0.2, 0.25) is 0 Å². The number of hydrogen-bond donors (Lipinski definition) is 1. The summed E-state index contributed by atoms with van der Waals surface area (Å²) in [5.41, 5.74) is 1.05. The van der Waals surface area contributed by atoms with Gasteiger partial charge in [0.2, 0.25) is 0 Å². The van der Waals surface area contributed by atoms with Crippen molar-refractivity contribution in [2.24, 2.45) is 0 Å². The number of esters is 1. The van der Waals surface area contributed by atoms with E-state index in [1.165, 1.54) is 0 Å². The molecule has 90 valence electrons. The van der Waals surface area contributed by atoms with Gasteiger partial charge in [-0.05, 0) is 13.3 Å². The molecule has 0 radical (unpaired) electrons. The van der Waals surface area contributed by atoms with Gasteiger partial charge in [0.25, 0.3) is 0 Å². The summed E-state index contributed by atoms with van der Waals surface area (Å²) >= 11 is 1.68. The number of ether oxygens (including phenoxy) is 1. The Bertz CT molecular complexity index is 326. The summed E-state index contributed by atoms with van der Waals surface area (Å²) in [6.07, 6.45) is 1.39. The number of nitrogens with zero attached hydrogens (tertiary/aromatic N) is 1. The van der Waals surface area contributed by atoms with Gasteiger partial charge < -0.3 is 10.1 Å². The zero-order valence-corrected chi connectivity index (χ0v) is 10.6. The predicted molar refractivity (Wildman–Crippen MR) is 64.4 cm³/mol. The second kappa shape index (κ2) is 7.35. The average molecular weight is 242 g/mol. The minimum atomic E-state index is -0.150. The Morgan fingerprint density at radius 2 is 2.38 bits per heavy atom. The third-order valence-electron chi connectivity index (χ3n) is 2.02. The van der Waals surface area contributed by atoms with Crippen molar-refractivity contribution in [2.45, 2.75) is 33.2 Å². The molecule has 0 unspecified atom stereocenters. The first-order chi connectivity index (χ1) is 7.76. The van der Waals surface area contributed by atoms with Gasteiger partial charge in [-0.2, -0.15) is 0 Å². The standard InChI is InChI=1S/C11H18N2O2S/c1-3-10-13-9(8-16-10)7-12-6-5-11(14)15-4-2/h8,12H,3-7H2,1-2H3. The lowest BCUT2D eigenvalue weighted by Crippen LogP contribution is -2.19. The number of aryl methyl sites for hydroxylation is 1. The largest absolute Gasteiger partial charge is 0.466 e. The fourth-order valence-corrected chi connectivity index (χ4v) is 1.98. The van der Waals surface area contributed by atoms with Crippen LogP contribution in [0.3, 0.4) is 0 Å². The Morgan fingerprint density at radius 3 is 3.00 bits per heavy atom. The maximum Gasteiger partial charge on any atom is 0.307 e. The van der Waals surface area contributed by atoms with Crippen LogP contribution in [0.4, 0.5) is 0 Å². The van der Waals surface area contributed by atoms with E-state index in [-0.39, 0.29) is 5.97 Å². The summed E-state index contributed by atoms with van der Waals surface area (Å²) in [5, 5.41) is 6.38. The first kappa shape index (κ1) is 13.1. The van der Waals surface area contributed by atoms with Gasteiger partial charge in [-0.25, -0.2) is 4.98 Å². The molecule has 0 atom stereocenters. The van der Waals surface area contributed by atoms with Crippen molar-refractivity contribution >= 4 is 17.3 Å². The molecule has 5 heteroatoms. The van der Waals surface area contributed by atoms with Gasteiger partial charge in [0.05, 0.1) is 23.7 Å². The van der Waals surface area contributed by atoms with Gasteiger partial charge in [0.15, 0.2) is 0 Å². The lowest BCUT2D eigenvalue weighted by molar-refractivity contribution is -0.142. The monoisotopic (exact) mass is 242 g/mol. The van der Waals surface area contributed by atoms with Crippen molar-refractivity contribution in [3.63, 3.8) is 0 Å². The van der Waals surface area contributed by atoms with Crippen molar-refractivity contribution < 1.29 is 9.53 Å². The Kier molecular flexibility index (Phi) is 6.03. The van der Waals surface area contributed by atoms with E-state index in [1.807, 2.05) is 6.92 Å². The van der Waals surface area contributed by atoms with E-state index in [0.717, 1.165) is 23.7 Å². The molecule has 0 aliphatic rings. The average Bonchev–Trinajstić information content (AvgIpc) is 2.73. The molecule has 0 amide bonds. The number of thiazole rings is 1. The molecule has 0 bridgehead atoms. The van der Waals surface area contributed by atoms with E-state index in [2.05, 4.69) is 22.6 Å². The van der Waals surface area contributed by atoms with Crippen LogP contribution >= 0.6 is 11.3 Å². The summed E-state index contributed by atoms with van der Waals surface area (Å²) in [6.45, 7) is 5.71. The van der Waals surface area contributed by atoms with Crippen molar-refractivity contribution in [3.8, 4) is 0 Å². The van der Waals surface area contributed by atoms with Crippen molar-refractivity contribution in [1.82, 2.24) is 10.3 Å². The molecule has 1 rings (SSSR count). The number of rotatable bonds is 7. The Balaban J connectivity index is 2.13. The number of nitrogens with one attached hydrogen (secondary N) is 1. The van der Waals surface area contributed by atoms with Crippen LogP contribution in [0.25, 0.3) is 0 Å². The maximum absolute atomic E-state index is 11.0. The molecular weight excluding hydrogens is 224 g/mol. The predicted octanol–water partition coefficient (Wildman–Crippen LogP) is 1.75. The molecule has 1 aromatic rings. The van der Waals surface area contributed by atoms with E-state index >= 15 is 0 Å². The number of carbonyl (C=O) groups is 1. The third-order valence-corrected chi connectivity index (χ3v) is 3.06. The molecule has 1 aromatic heterocycles. The molecule has 0 saturated carbocycles. The molecular formula is C11H18N2O2S. The lowest BCUT2D eigenvalue weighted by Gasteiger charge is -2.02. The highest BCUT2D eigenvalue weighted by Crippen LogP contribution is 2.09. The SMILES string of the molecule is CCOC(=O)CCNCc1csc(CC)n1. The molecule has 0 fully saturated rings. The smallest absolute Gasteiger partial charge is 0.307 e. The van der Waals surface area contributed by atoms with Crippen LogP contribution in [-0.4, -0.2) is 24.1 Å². The Morgan fingerprint density at radius 1 is 1.56 bits per heavy atom. The van der Waals surface area contributed by atoms with Crippen LogP contribution in [0.5, 0.6) is 0 Å². The number of aromatic nitrogens is 1. The third kappa shape index (κ3) is 4.72. The quantitative estimate of drug-likeness (QED) is 0.584. The van der Waals surface area contributed by atoms with E-state index in [0.29, 0.717) is 19.6 Å². The van der Waals surface area contributed by atoms with Gasteiger partial charge in [0, 0.05) is 18.5 Å². The van der Waals surface area contributed by atoms with Crippen LogP contribution in [0, 0.1) is 0 Å². The number of carbonyl (C=O) groups excluding carboxylic acids is 1. The molecule has 0 aliphatic heterocycles. The second-order valence-electron chi connectivity index (χ2n) is 3.32. The number of hydrogen-bond acceptors (Lipinski definition) is 5. The molecule has 0 saturated heterocycles. The summed E-state index contributed by atoms with van der Waals surface area (Å²) in [7, 11) is 0. The van der Waals surface area contributed by atoms with E-state index < -0.39 is 0 Å². The van der Waals surface area contributed by atoms with Crippen molar-refractivity contribution in [1.29, 1.82) is 0 Å². The first-order valence-electron chi connectivity index (χ1n) is 5.55. The van der Waals surface area contributed by atoms with Crippen molar-refractivity contribution in [2.75, 3.05) is 13.2 Å². The zero-order valence-electron chi connectivity index (χ0n) is 9.78. The highest BCUT2D eigenvalue weighted by molar-refractivity contribution is 7.09. The van der Waals surface area contributed by atoms with Gasteiger partial charge in [-0.15, -0.1) is 11.3 Å². The highest BCUT2D eigenvalue weighted by Gasteiger charge is 2.02. The van der Waals surface area contributed by atoms with Crippen LogP contribution in [-0.2, 0) is 22.5 Å². The Labute approximate surface area is 100 Å². The second-order valence-corrected chi connectivity index (χ2v) is 4.26. The Hall–Kier alpha value is -0.940.